The lowest BCUT2D eigenvalue weighted by Gasteiger charge is -2.22. The molecule has 1 aliphatic heterocycles. The first-order valence-corrected chi connectivity index (χ1v) is 11.0. The number of aryl methyl sites for hydroxylation is 1. The number of halogens is 1. The minimum atomic E-state index is -0.497. The maximum absolute atomic E-state index is 12.8. The van der Waals surface area contributed by atoms with Crippen molar-refractivity contribution in [3.63, 3.8) is 0 Å². The number of pyridine rings is 1. The third-order valence-corrected chi connectivity index (χ3v) is 5.79. The number of benzene rings is 1. The van der Waals surface area contributed by atoms with E-state index in [0.717, 1.165) is 37.1 Å². The van der Waals surface area contributed by atoms with E-state index >= 15 is 0 Å². The second-order valence-corrected chi connectivity index (χ2v) is 8.24. The highest BCUT2D eigenvalue weighted by atomic mass is 35.5. The van der Waals surface area contributed by atoms with Crippen LogP contribution in [0.2, 0.25) is 0 Å². The minimum Gasteiger partial charge on any atom is -0.355 e. The molecular weight excluding hydrogens is 428 g/mol. The normalized spacial score (nSPS) is 13.8. The molecule has 0 radical (unpaired) electrons. The van der Waals surface area contributed by atoms with E-state index in [-0.39, 0.29) is 23.9 Å². The third-order valence-electron chi connectivity index (χ3n) is 5.79. The largest absolute Gasteiger partial charge is 0.355 e. The summed E-state index contributed by atoms with van der Waals surface area (Å²) in [6.07, 6.45) is 5.93. The molecular formula is C24H33ClN4O3. The van der Waals surface area contributed by atoms with Crippen molar-refractivity contribution < 1.29 is 9.59 Å². The number of nitrogens with one attached hydrogen (secondary N) is 3. The molecule has 2 amide bonds. The molecule has 1 fully saturated rings. The summed E-state index contributed by atoms with van der Waals surface area (Å²) in [5.74, 6) is -0.0498. The summed E-state index contributed by atoms with van der Waals surface area (Å²) >= 11 is 0. The van der Waals surface area contributed by atoms with Crippen molar-refractivity contribution in [1.82, 2.24) is 20.5 Å². The first kappa shape index (κ1) is 25.6. The van der Waals surface area contributed by atoms with Gasteiger partial charge in [-0.15, -0.1) is 12.4 Å². The zero-order chi connectivity index (χ0) is 22.2. The minimum absolute atomic E-state index is 0. The molecule has 174 valence electrons. The van der Waals surface area contributed by atoms with Crippen LogP contribution in [-0.2, 0) is 6.54 Å². The highest BCUT2D eigenvalue weighted by molar-refractivity contribution is 5.99. The van der Waals surface area contributed by atoms with Gasteiger partial charge in [-0.3, -0.25) is 14.4 Å². The molecule has 1 saturated heterocycles. The molecule has 0 saturated carbocycles. The first-order chi connectivity index (χ1) is 15.0. The van der Waals surface area contributed by atoms with Crippen LogP contribution in [0.4, 0.5) is 0 Å². The van der Waals surface area contributed by atoms with Gasteiger partial charge in [0.15, 0.2) is 0 Å². The van der Waals surface area contributed by atoms with E-state index in [9.17, 15) is 14.4 Å². The molecule has 2 heterocycles. The van der Waals surface area contributed by atoms with Gasteiger partial charge in [0.1, 0.15) is 5.56 Å². The Morgan fingerprint density at radius 3 is 2.59 bits per heavy atom. The van der Waals surface area contributed by atoms with E-state index in [1.807, 2.05) is 31.2 Å². The van der Waals surface area contributed by atoms with Crippen molar-refractivity contribution in [1.29, 1.82) is 0 Å². The number of hydrogen-bond acceptors (Lipinski definition) is 4. The van der Waals surface area contributed by atoms with Crippen molar-refractivity contribution >= 4 is 24.2 Å². The van der Waals surface area contributed by atoms with Crippen molar-refractivity contribution in [2.45, 2.75) is 39.2 Å². The number of carbonyl (C=O) groups is 2. The molecule has 1 aromatic heterocycles. The van der Waals surface area contributed by atoms with Gasteiger partial charge in [0.25, 0.3) is 17.4 Å². The van der Waals surface area contributed by atoms with Crippen LogP contribution in [0.5, 0.6) is 0 Å². The fraction of sp³-hybridized carbons (Fsp3) is 0.458. The van der Waals surface area contributed by atoms with Gasteiger partial charge in [0, 0.05) is 19.8 Å². The van der Waals surface area contributed by atoms with E-state index in [1.165, 1.54) is 30.5 Å². The predicted octanol–water partition coefficient (Wildman–Crippen LogP) is 2.50. The van der Waals surface area contributed by atoms with Gasteiger partial charge in [-0.1, -0.05) is 29.8 Å². The van der Waals surface area contributed by atoms with Gasteiger partial charge in [-0.25, -0.2) is 0 Å². The molecule has 7 nitrogen and oxygen atoms in total. The SMILES string of the molecule is CNC(=O)c1cc(C(=O)NCCCC2CCNCC2)cn(Cc2cccc(C)c2)c1=O.Cl. The van der Waals surface area contributed by atoms with Gasteiger partial charge in [-0.05, 0) is 63.2 Å². The van der Waals surface area contributed by atoms with Gasteiger partial charge < -0.3 is 20.5 Å². The molecule has 1 aromatic carbocycles. The molecule has 32 heavy (non-hydrogen) atoms. The zero-order valence-electron chi connectivity index (χ0n) is 18.8. The zero-order valence-corrected chi connectivity index (χ0v) is 19.6. The van der Waals surface area contributed by atoms with Gasteiger partial charge in [-0.2, -0.15) is 0 Å². The summed E-state index contributed by atoms with van der Waals surface area (Å²) in [4.78, 5) is 37.8. The van der Waals surface area contributed by atoms with Crippen molar-refractivity contribution in [2.24, 2.45) is 5.92 Å². The number of carbonyl (C=O) groups excluding carboxylic acids is 2. The van der Waals surface area contributed by atoms with Crippen LogP contribution < -0.4 is 21.5 Å². The Labute approximate surface area is 195 Å². The fourth-order valence-corrected chi connectivity index (χ4v) is 4.05. The Kier molecular flexibility index (Phi) is 9.94. The van der Waals surface area contributed by atoms with Crippen LogP contribution in [0.3, 0.4) is 0 Å². The lowest BCUT2D eigenvalue weighted by molar-refractivity contribution is 0.0951. The summed E-state index contributed by atoms with van der Waals surface area (Å²) in [7, 11) is 1.47. The number of hydrogen-bond donors (Lipinski definition) is 3. The number of rotatable bonds is 8. The van der Waals surface area contributed by atoms with Crippen LogP contribution in [0.1, 0.15) is 57.5 Å². The van der Waals surface area contributed by atoms with E-state index in [0.29, 0.717) is 24.6 Å². The molecule has 3 rings (SSSR count). The quantitative estimate of drug-likeness (QED) is 0.528. The van der Waals surface area contributed by atoms with Crippen LogP contribution in [0, 0.1) is 12.8 Å². The summed E-state index contributed by atoms with van der Waals surface area (Å²) in [5, 5.41) is 8.79. The number of aromatic nitrogens is 1. The maximum Gasteiger partial charge on any atom is 0.263 e. The van der Waals surface area contributed by atoms with Crippen molar-refractivity contribution in [2.75, 3.05) is 26.7 Å². The topological polar surface area (TPSA) is 92.2 Å². The van der Waals surface area contributed by atoms with Crippen LogP contribution in [0.25, 0.3) is 0 Å². The molecule has 1 aliphatic rings. The lowest BCUT2D eigenvalue weighted by Crippen LogP contribution is -2.34. The first-order valence-electron chi connectivity index (χ1n) is 11.0. The van der Waals surface area contributed by atoms with E-state index in [4.69, 9.17) is 0 Å². The molecule has 3 N–H and O–H groups in total. The average Bonchev–Trinajstić information content (AvgIpc) is 2.78. The monoisotopic (exact) mass is 460 g/mol. The Morgan fingerprint density at radius 1 is 1.16 bits per heavy atom. The highest BCUT2D eigenvalue weighted by Crippen LogP contribution is 2.17. The van der Waals surface area contributed by atoms with Crippen LogP contribution in [0.15, 0.2) is 41.3 Å². The lowest BCUT2D eigenvalue weighted by atomic mass is 9.93. The Hall–Kier alpha value is -2.64. The molecule has 0 atom stereocenters. The molecule has 0 unspecified atom stereocenters. The Balaban J connectivity index is 0.00000363. The maximum atomic E-state index is 12.8. The fourth-order valence-electron chi connectivity index (χ4n) is 4.05. The average molecular weight is 461 g/mol. The van der Waals surface area contributed by atoms with Gasteiger partial charge in [0.2, 0.25) is 0 Å². The standard InChI is InChI=1S/C24H32N4O3.ClH/c1-17-5-3-6-19(13-17)15-28-16-20(14-21(24(28)31)23(30)25-2)22(29)27-10-4-7-18-8-11-26-12-9-18;/h3,5-6,13-14,16,18,26H,4,7-12,15H2,1-2H3,(H,25,30)(H,27,29);1H. The summed E-state index contributed by atoms with van der Waals surface area (Å²) in [6.45, 7) is 5.00. The van der Waals surface area contributed by atoms with Gasteiger partial charge >= 0.3 is 0 Å². The third kappa shape index (κ3) is 6.93. The Morgan fingerprint density at radius 2 is 1.91 bits per heavy atom. The second-order valence-electron chi connectivity index (χ2n) is 8.24. The van der Waals surface area contributed by atoms with Crippen molar-refractivity contribution in [3.05, 3.63) is 69.1 Å². The second kappa shape index (κ2) is 12.4. The summed E-state index contributed by atoms with van der Waals surface area (Å²) < 4.78 is 1.43. The summed E-state index contributed by atoms with van der Waals surface area (Å²) in [6, 6.07) is 9.20. The smallest absolute Gasteiger partial charge is 0.263 e. The van der Waals surface area contributed by atoms with Crippen LogP contribution in [-0.4, -0.2) is 43.1 Å². The summed E-state index contributed by atoms with van der Waals surface area (Å²) in [5.41, 5.74) is 1.89. The van der Waals surface area contributed by atoms with E-state index in [2.05, 4.69) is 16.0 Å². The molecule has 0 aliphatic carbocycles. The van der Waals surface area contributed by atoms with E-state index in [1.54, 1.807) is 6.20 Å². The highest BCUT2D eigenvalue weighted by Gasteiger charge is 2.17. The number of amides is 2. The van der Waals surface area contributed by atoms with E-state index < -0.39 is 11.5 Å². The van der Waals surface area contributed by atoms with Crippen molar-refractivity contribution in [3.8, 4) is 0 Å². The van der Waals surface area contributed by atoms with Gasteiger partial charge in [0.05, 0.1) is 12.1 Å². The molecule has 8 heteroatoms. The Bertz CT molecular complexity index is 983. The predicted molar refractivity (Wildman–Crippen MR) is 129 cm³/mol. The number of nitrogens with zero attached hydrogens (tertiary/aromatic N) is 1. The molecule has 2 aromatic rings. The number of piperidine rings is 1. The molecule has 0 bridgehead atoms. The van der Waals surface area contributed by atoms with Crippen LogP contribution >= 0.6 is 12.4 Å². The molecule has 0 spiro atoms.